The number of aromatic nitrogens is 2. The van der Waals surface area contributed by atoms with Crippen LogP contribution >= 0.6 is 0 Å². The lowest BCUT2D eigenvalue weighted by atomic mass is 10.0. The van der Waals surface area contributed by atoms with Crippen molar-refractivity contribution in [3.05, 3.63) is 36.5 Å². The highest BCUT2D eigenvalue weighted by Gasteiger charge is 2.24. The van der Waals surface area contributed by atoms with Gasteiger partial charge in [0, 0.05) is 24.9 Å². The maximum atomic E-state index is 12.3. The third-order valence-corrected chi connectivity index (χ3v) is 5.89. The van der Waals surface area contributed by atoms with Crippen LogP contribution in [-0.2, 0) is 4.79 Å². The van der Waals surface area contributed by atoms with Crippen LogP contribution < -0.4 is 5.32 Å². The number of piperidine rings is 1. The Hall–Kier alpha value is -2.80. The summed E-state index contributed by atoms with van der Waals surface area (Å²) in [5.41, 5.74) is 2.25. The number of nitrogens with one attached hydrogen (secondary N) is 2. The van der Waals surface area contributed by atoms with Gasteiger partial charge < -0.3 is 15.2 Å². The molecular weight excluding hydrogens is 364 g/mol. The van der Waals surface area contributed by atoms with Crippen LogP contribution in [0.25, 0.3) is 5.52 Å². The first-order chi connectivity index (χ1) is 14.0. The molecule has 1 saturated heterocycles. The van der Waals surface area contributed by atoms with Gasteiger partial charge in [-0.2, -0.15) is 0 Å². The zero-order valence-corrected chi connectivity index (χ0v) is 17.0. The van der Waals surface area contributed by atoms with E-state index in [0.717, 1.165) is 29.5 Å². The van der Waals surface area contributed by atoms with E-state index in [2.05, 4.69) is 22.5 Å². The van der Waals surface area contributed by atoms with E-state index in [1.54, 1.807) is 16.7 Å². The molecule has 7 nitrogen and oxygen atoms in total. The number of aliphatic imine (C=N–C) groups is 1. The number of nitrogens with zero attached hydrogens (tertiary/aromatic N) is 4. The highest BCUT2D eigenvalue weighted by molar-refractivity contribution is 6.50. The zero-order chi connectivity index (χ0) is 20.3. The Bertz CT molecular complexity index is 980. The molecule has 0 aromatic carbocycles. The number of carbonyl (C=O) groups is 1. The molecular formula is C22H29N6O+. The topological polar surface area (TPSA) is 82.6 Å². The Kier molecular flexibility index (Phi) is 5.58. The van der Waals surface area contributed by atoms with Crippen molar-refractivity contribution >= 4 is 34.2 Å². The molecule has 0 bridgehead atoms. The number of pyridine rings is 1. The molecule has 1 aliphatic heterocycles. The number of hydrogen-bond acceptors (Lipinski definition) is 5. The lowest BCUT2D eigenvalue weighted by molar-refractivity contribution is -0.914. The van der Waals surface area contributed by atoms with Crippen LogP contribution in [0.1, 0.15) is 32.1 Å². The van der Waals surface area contributed by atoms with Crippen molar-refractivity contribution in [2.45, 2.75) is 32.1 Å². The predicted molar refractivity (Wildman–Crippen MR) is 117 cm³/mol. The summed E-state index contributed by atoms with van der Waals surface area (Å²) in [7, 11) is 2.36. The van der Waals surface area contributed by atoms with Gasteiger partial charge in [0.05, 0.1) is 38.6 Å². The fourth-order valence-corrected chi connectivity index (χ4v) is 4.20. The van der Waals surface area contributed by atoms with Crippen molar-refractivity contribution in [2.75, 3.05) is 38.5 Å². The summed E-state index contributed by atoms with van der Waals surface area (Å²) in [5, 5.41) is 15.7. The molecule has 0 spiro atoms. The van der Waals surface area contributed by atoms with Crippen molar-refractivity contribution in [3.8, 4) is 0 Å². The van der Waals surface area contributed by atoms with Gasteiger partial charge in [0.15, 0.2) is 11.6 Å². The lowest BCUT2D eigenvalue weighted by Gasteiger charge is -2.37. The van der Waals surface area contributed by atoms with Gasteiger partial charge in [-0.3, -0.25) is 4.79 Å². The molecule has 29 heavy (non-hydrogen) atoms. The highest BCUT2D eigenvalue weighted by atomic mass is 16.1. The average molecular weight is 394 g/mol. The number of hydrogen-bond donors (Lipinski definition) is 2. The second-order valence-corrected chi connectivity index (χ2v) is 8.31. The molecule has 1 aliphatic carbocycles. The maximum Gasteiger partial charge on any atom is 0.187 e. The SMILES string of the molecule is C[N+]1(CCCNc2nn3ccccc3c2N=C2C=CC(=N)CC2=O)CCCCC1. The smallest absolute Gasteiger partial charge is 0.187 e. The first kappa shape index (κ1) is 19.5. The third-order valence-electron chi connectivity index (χ3n) is 5.89. The Morgan fingerprint density at radius 2 is 2.07 bits per heavy atom. The molecule has 0 unspecified atom stereocenters. The average Bonchev–Trinajstić information content (AvgIpc) is 3.05. The van der Waals surface area contributed by atoms with Gasteiger partial charge >= 0.3 is 0 Å². The summed E-state index contributed by atoms with van der Waals surface area (Å²) in [4.78, 5) is 16.9. The maximum absolute atomic E-state index is 12.3. The van der Waals surface area contributed by atoms with Gasteiger partial charge in [0.1, 0.15) is 11.4 Å². The number of fused-ring (bicyclic) bond motifs is 1. The first-order valence-electron chi connectivity index (χ1n) is 10.5. The van der Waals surface area contributed by atoms with Crippen LogP contribution in [0.5, 0.6) is 0 Å². The molecule has 152 valence electrons. The van der Waals surface area contributed by atoms with Crippen LogP contribution in [-0.4, -0.2) is 64.5 Å². The summed E-state index contributed by atoms with van der Waals surface area (Å²) < 4.78 is 2.95. The van der Waals surface area contributed by atoms with E-state index in [0.29, 0.717) is 22.9 Å². The Labute approximate surface area is 171 Å². The number of anilines is 1. The molecule has 1 fully saturated rings. The number of ketones is 1. The molecule has 2 aromatic heterocycles. The summed E-state index contributed by atoms with van der Waals surface area (Å²) in [6, 6.07) is 5.83. The quantitative estimate of drug-likeness (QED) is 0.583. The predicted octanol–water partition coefficient (Wildman–Crippen LogP) is 3.39. The molecule has 7 heteroatoms. The monoisotopic (exact) mass is 393 g/mol. The fraction of sp³-hybridized carbons (Fsp3) is 0.455. The summed E-state index contributed by atoms with van der Waals surface area (Å²) in [5.74, 6) is 0.577. The molecule has 0 amide bonds. The Balaban J connectivity index is 1.52. The summed E-state index contributed by atoms with van der Waals surface area (Å²) in [6.07, 6.45) is 10.4. The van der Waals surface area contributed by atoms with Crippen molar-refractivity contribution in [3.63, 3.8) is 0 Å². The van der Waals surface area contributed by atoms with Gasteiger partial charge in [0.2, 0.25) is 0 Å². The van der Waals surface area contributed by atoms with Crippen LogP contribution in [0.15, 0.2) is 41.5 Å². The van der Waals surface area contributed by atoms with Crippen molar-refractivity contribution in [1.82, 2.24) is 9.61 Å². The van der Waals surface area contributed by atoms with E-state index in [4.69, 9.17) is 5.41 Å². The van der Waals surface area contributed by atoms with Gasteiger partial charge in [-0.25, -0.2) is 9.51 Å². The zero-order valence-electron chi connectivity index (χ0n) is 17.0. The molecule has 0 radical (unpaired) electrons. The minimum Gasteiger partial charge on any atom is -0.367 e. The van der Waals surface area contributed by atoms with E-state index < -0.39 is 0 Å². The van der Waals surface area contributed by atoms with Crippen molar-refractivity contribution < 1.29 is 9.28 Å². The largest absolute Gasteiger partial charge is 0.367 e. The molecule has 4 rings (SSSR count). The van der Waals surface area contributed by atoms with Gasteiger partial charge in [-0.05, 0) is 43.5 Å². The standard InChI is InChI=1S/C22H29N6O/c1-28(13-5-2-6-14-28)15-7-11-24-22-21(19-8-3-4-12-27(19)26-22)25-18-10-9-17(23)16-20(18)29/h3-4,8-10,12,23H,2,5-7,11,13-16H2,1H3,(H,24,26)/q+1. The highest BCUT2D eigenvalue weighted by Crippen LogP contribution is 2.30. The third kappa shape index (κ3) is 4.45. The first-order valence-corrected chi connectivity index (χ1v) is 10.5. The summed E-state index contributed by atoms with van der Waals surface area (Å²) in [6.45, 7) is 4.53. The number of Topliss-reactive ketones (excluding diaryl/α,β-unsaturated/α-hetero) is 1. The van der Waals surface area contributed by atoms with Crippen LogP contribution in [0.4, 0.5) is 11.5 Å². The van der Waals surface area contributed by atoms with Gasteiger partial charge in [0.25, 0.3) is 0 Å². The Morgan fingerprint density at radius 1 is 1.24 bits per heavy atom. The molecule has 0 saturated carbocycles. The minimum atomic E-state index is -0.124. The Morgan fingerprint density at radius 3 is 2.86 bits per heavy atom. The number of likely N-dealkylation sites (tertiary alicyclic amines) is 1. The number of carbonyl (C=O) groups excluding carboxylic acids is 1. The van der Waals surface area contributed by atoms with E-state index in [-0.39, 0.29) is 12.2 Å². The molecule has 3 heterocycles. The molecule has 2 N–H and O–H groups in total. The van der Waals surface area contributed by atoms with Gasteiger partial charge in [-0.15, -0.1) is 5.10 Å². The van der Waals surface area contributed by atoms with E-state index >= 15 is 0 Å². The van der Waals surface area contributed by atoms with Crippen LogP contribution in [0.2, 0.25) is 0 Å². The van der Waals surface area contributed by atoms with E-state index in [1.807, 2.05) is 24.4 Å². The number of rotatable bonds is 6. The molecule has 0 atom stereocenters. The van der Waals surface area contributed by atoms with Crippen LogP contribution in [0.3, 0.4) is 0 Å². The van der Waals surface area contributed by atoms with Crippen molar-refractivity contribution in [1.29, 1.82) is 5.41 Å². The van der Waals surface area contributed by atoms with Crippen LogP contribution in [0, 0.1) is 5.41 Å². The van der Waals surface area contributed by atoms with Crippen molar-refractivity contribution in [2.24, 2.45) is 4.99 Å². The second kappa shape index (κ2) is 8.29. The van der Waals surface area contributed by atoms with E-state index in [9.17, 15) is 4.79 Å². The fourth-order valence-electron chi connectivity index (χ4n) is 4.20. The van der Waals surface area contributed by atoms with Gasteiger partial charge in [-0.1, -0.05) is 6.07 Å². The number of allylic oxidation sites excluding steroid dienone is 2. The minimum absolute atomic E-state index is 0.105. The molecule has 2 aliphatic rings. The second-order valence-electron chi connectivity index (χ2n) is 8.31. The molecule has 2 aromatic rings. The normalized spacial score (nSPS) is 20.5. The lowest BCUT2D eigenvalue weighted by Crippen LogP contribution is -2.48. The van der Waals surface area contributed by atoms with E-state index in [1.165, 1.54) is 32.4 Å². The number of quaternary nitrogens is 1. The summed E-state index contributed by atoms with van der Waals surface area (Å²) >= 11 is 0.